The van der Waals surface area contributed by atoms with Crippen molar-refractivity contribution in [2.75, 3.05) is 0 Å². The van der Waals surface area contributed by atoms with Gasteiger partial charge in [-0.1, -0.05) is 12.1 Å². The molecule has 1 aromatic heterocycles. The number of benzene rings is 1. The Bertz CT molecular complexity index is 985. The Morgan fingerprint density at radius 2 is 1.93 bits per heavy atom. The monoisotopic (exact) mass is 406 g/mol. The van der Waals surface area contributed by atoms with Crippen molar-refractivity contribution in [3.63, 3.8) is 0 Å². The molecule has 0 spiro atoms. The highest BCUT2D eigenvalue weighted by Gasteiger charge is 2.39. The smallest absolute Gasteiger partial charge is 0.325 e. The first-order valence-corrected chi connectivity index (χ1v) is 9.81. The first kappa shape index (κ1) is 19.6. The number of furan rings is 1. The SMILES string of the molecule is NS(=O)(=O)c1ccc(CNC(=O)C[C@H]2NC(=O)N(Cc3ccco3)C2=O)cc1. The number of carbonyl (C=O) groups excluding carboxylic acids is 3. The highest BCUT2D eigenvalue weighted by atomic mass is 32.2. The number of urea groups is 1. The van der Waals surface area contributed by atoms with Crippen molar-refractivity contribution in [3.05, 3.63) is 54.0 Å². The van der Waals surface area contributed by atoms with Crippen LogP contribution >= 0.6 is 0 Å². The highest BCUT2D eigenvalue weighted by Crippen LogP contribution is 2.14. The van der Waals surface area contributed by atoms with Gasteiger partial charge in [0.05, 0.1) is 24.1 Å². The zero-order valence-corrected chi connectivity index (χ0v) is 15.4. The summed E-state index contributed by atoms with van der Waals surface area (Å²) in [6.07, 6.45) is 1.22. The van der Waals surface area contributed by atoms with Gasteiger partial charge < -0.3 is 15.1 Å². The topological polar surface area (TPSA) is 152 Å². The second-order valence-electron chi connectivity index (χ2n) is 6.18. The molecule has 1 saturated heterocycles. The molecule has 4 N–H and O–H groups in total. The molecule has 4 amide bonds. The molecule has 10 nitrogen and oxygen atoms in total. The van der Waals surface area contributed by atoms with Gasteiger partial charge in [0.1, 0.15) is 11.8 Å². The zero-order valence-electron chi connectivity index (χ0n) is 14.6. The average Bonchev–Trinajstić information content (AvgIpc) is 3.24. The van der Waals surface area contributed by atoms with Crippen LogP contribution in [0.15, 0.2) is 52.0 Å². The molecule has 2 aromatic rings. The number of nitrogens with two attached hydrogens (primary N) is 1. The second-order valence-corrected chi connectivity index (χ2v) is 7.74. The minimum atomic E-state index is -3.78. The summed E-state index contributed by atoms with van der Waals surface area (Å²) in [6.45, 7) is 0.126. The van der Waals surface area contributed by atoms with Crippen molar-refractivity contribution in [1.29, 1.82) is 0 Å². The van der Waals surface area contributed by atoms with Crippen LogP contribution < -0.4 is 15.8 Å². The maximum Gasteiger partial charge on any atom is 0.325 e. The van der Waals surface area contributed by atoms with Crippen LogP contribution in [0.5, 0.6) is 0 Å². The lowest BCUT2D eigenvalue weighted by Crippen LogP contribution is -2.36. The van der Waals surface area contributed by atoms with E-state index in [1.54, 1.807) is 12.1 Å². The summed E-state index contributed by atoms with van der Waals surface area (Å²) in [5, 5.41) is 10.1. The lowest BCUT2D eigenvalue weighted by molar-refractivity contribution is -0.131. The molecule has 0 radical (unpaired) electrons. The lowest BCUT2D eigenvalue weighted by Gasteiger charge is -2.11. The number of hydrogen-bond donors (Lipinski definition) is 3. The Kier molecular flexibility index (Phi) is 5.47. The summed E-state index contributed by atoms with van der Waals surface area (Å²) in [4.78, 5) is 37.4. The van der Waals surface area contributed by atoms with E-state index < -0.39 is 33.9 Å². The summed E-state index contributed by atoms with van der Waals surface area (Å²) in [6, 6.07) is 7.47. The van der Waals surface area contributed by atoms with Gasteiger partial charge in [0.25, 0.3) is 5.91 Å². The van der Waals surface area contributed by atoms with Crippen LogP contribution in [-0.2, 0) is 32.7 Å². The molecular formula is C17H18N4O6S. The van der Waals surface area contributed by atoms with Gasteiger partial charge >= 0.3 is 6.03 Å². The summed E-state index contributed by atoms with van der Waals surface area (Å²) in [7, 11) is -3.78. The number of amides is 4. The molecule has 0 saturated carbocycles. The number of nitrogens with zero attached hydrogens (tertiary/aromatic N) is 1. The van der Waals surface area contributed by atoms with Crippen LogP contribution in [0.2, 0.25) is 0 Å². The van der Waals surface area contributed by atoms with Crippen LogP contribution in [-0.4, -0.2) is 37.2 Å². The number of hydrogen-bond acceptors (Lipinski definition) is 6. The zero-order chi connectivity index (χ0) is 20.3. The molecule has 148 valence electrons. The number of imide groups is 1. The van der Waals surface area contributed by atoms with Gasteiger partial charge in [0.2, 0.25) is 15.9 Å². The Morgan fingerprint density at radius 3 is 2.54 bits per heavy atom. The standard InChI is InChI=1S/C17H18N4O6S/c18-28(25,26)13-5-3-11(4-6-13)9-19-15(22)8-14-16(23)21(17(24)20-14)10-12-2-1-7-27-12/h1-7,14H,8-10H2,(H,19,22)(H,20,24)(H2,18,25,26)/t14-/m1/s1. The van der Waals surface area contributed by atoms with Crippen LogP contribution in [0.4, 0.5) is 4.79 Å². The van der Waals surface area contributed by atoms with Crippen molar-refractivity contribution in [1.82, 2.24) is 15.5 Å². The van der Waals surface area contributed by atoms with E-state index in [9.17, 15) is 22.8 Å². The van der Waals surface area contributed by atoms with Crippen LogP contribution in [0.1, 0.15) is 17.7 Å². The Balaban J connectivity index is 1.52. The number of sulfonamides is 1. The fraction of sp³-hybridized carbons (Fsp3) is 0.235. The van der Waals surface area contributed by atoms with Gasteiger partial charge in [0.15, 0.2) is 0 Å². The fourth-order valence-electron chi connectivity index (χ4n) is 2.68. The van der Waals surface area contributed by atoms with E-state index in [4.69, 9.17) is 9.56 Å². The summed E-state index contributed by atoms with van der Waals surface area (Å²) >= 11 is 0. The fourth-order valence-corrected chi connectivity index (χ4v) is 3.19. The molecule has 1 atom stereocenters. The van der Waals surface area contributed by atoms with Crippen molar-refractivity contribution >= 4 is 27.9 Å². The number of primary sulfonamides is 1. The minimum absolute atomic E-state index is 0.00775. The first-order valence-electron chi connectivity index (χ1n) is 8.27. The quantitative estimate of drug-likeness (QED) is 0.553. The maximum absolute atomic E-state index is 12.3. The number of carbonyl (C=O) groups is 3. The van der Waals surface area contributed by atoms with Crippen LogP contribution in [0.3, 0.4) is 0 Å². The third kappa shape index (κ3) is 4.56. The van der Waals surface area contributed by atoms with Crippen LogP contribution in [0, 0.1) is 0 Å². The Labute approximate surface area is 160 Å². The van der Waals surface area contributed by atoms with E-state index in [-0.39, 0.29) is 24.4 Å². The summed E-state index contributed by atoms with van der Waals surface area (Å²) in [5.41, 5.74) is 0.655. The predicted molar refractivity (Wildman–Crippen MR) is 95.9 cm³/mol. The molecule has 1 aromatic carbocycles. The molecule has 0 aliphatic carbocycles. The van der Waals surface area contributed by atoms with Gasteiger partial charge in [-0.3, -0.25) is 14.5 Å². The molecular weight excluding hydrogens is 388 g/mol. The van der Waals surface area contributed by atoms with Gasteiger partial charge in [-0.15, -0.1) is 0 Å². The molecule has 1 aliphatic heterocycles. The number of rotatable bonds is 7. The Morgan fingerprint density at radius 1 is 1.21 bits per heavy atom. The maximum atomic E-state index is 12.3. The van der Waals surface area contributed by atoms with Crippen molar-refractivity contribution < 1.29 is 27.2 Å². The van der Waals surface area contributed by atoms with E-state index in [0.29, 0.717) is 11.3 Å². The van der Waals surface area contributed by atoms with Gasteiger partial charge in [0, 0.05) is 6.54 Å². The highest BCUT2D eigenvalue weighted by molar-refractivity contribution is 7.89. The number of nitrogens with one attached hydrogen (secondary N) is 2. The molecule has 3 rings (SSSR count). The summed E-state index contributed by atoms with van der Waals surface area (Å²) < 4.78 is 27.6. The molecule has 0 unspecified atom stereocenters. The molecule has 0 bridgehead atoms. The molecule has 11 heteroatoms. The third-order valence-electron chi connectivity index (χ3n) is 4.13. The van der Waals surface area contributed by atoms with E-state index in [1.807, 2.05) is 0 Å². The van der Waals surface area contributed by atoms with E-state index in [1.165, 1.54) is 30.5 Å². The van der Waals surface area contributed by atoms with E-state index >= 15 is 0 Å². The second kappa shape index (κ2) is 7.82. The molecule has 2 heterocycles. The predicted octanol–water partition coefficient (Wildman–Crippen LogP) is 0.0539. The average molecular weight is 406 g/mol. The van der Waals surface area contributed by atoms with Crippen molar-refractivity contribution in [2.45, 2.75) is 30.4 Å². The summed E-state index contributed by atoms with van der Waals surface area (Å²) in [5.74, 6) is -0.486. The first-order chi connectivity index (χ1) is 13.2. The van der Waals surface area contributed by atoms with E-state index in [2.05, 4.69) is 10.6 Å². The van der Waals surface area contributed by atoms with Gasteiger partial charge in [-0.05, 0) is 29.8 Å². The largest absolute Gasteiger partial charge is 0.467 e. The minimum Gasteiger partial charge on any atom is -0.467 e. The van der Waals surface area contributed by atoms with Crippen LogP contribution in [0.25, 0.3) is 0 Å². The molecule has 1 fully saturated rings. The molecule has 28 heavy (non-hydrogen) atoms. The lowest BCUT2D eigenvalue weighted by atomic mass is 10.2. The third-order valence-corrected chi connectivity index (χ3v) is 5.06. The molecule has 1 aliphatic rings. The van der Waals surface area contributed by atoms with Crippen molar-refractivity contribution in [2.24, 2.45) is 5.14 Å². The normalized spacial score (nSPS) is 16.9. The Hall–Kier alpha value is -3.18. The van der Waals surface area contributed by atoms with Crippen molar-refractivity contribution in [3.8, 4) is 0 Å². The van der Waals surface area contributed by atoms with Gasteiger partial charge in [-0.2, -0.15) is 0 Å². The van der Waals surface area contributed by atoms with Gasteiger partial charge in [-0.25, -0.2) is 18.4 Å². The van der Waals surface area contributed by atoms with E-state index in [0.717, 1.165) is 4.90 Å².